The fourth-order valence-electron chi connectivity index (χ4n) is 0.688. The van der Waals surface area contributed by atoms with E-state index in [1.54, 1.807) is 6.07 Å². The van der Waals surface area contributed by atoms with Gasteiger partial charge in [-0.25, -0.2) is 0 Å². The molecular formula is C6H6ClO3P. The largest absolute Gasteiger partial charge is 0.357 e. The normalized spacial score (nSPS) is 11.5. The Hall–Kier alpha value is -0.340. The van der Waals surface area contributed by atoms with Crippen LogP contribution in [-0.2, 0) is 4.57 Å². The van der Waals surface area contributed by atoms with Gasteiger partial charge in [0.25, 0.3) is 0 Å². The van der Waals surface area contributed by atoms with Crippen molar-refractivity contribution in [1.82, 2.24) is 0 Å². The zero-order valence-electron chi connectivity index (χ0n) is 5.44. The van der Waals surface area contributed by atoms with Crippen LogP contribution in [0.4, 0.5) is 0 Å². The average molecular weight is 193 g/mol. The number of halogens is 1. The highest BCUT2D eigenvalue weighted by Gasteiger charge is 2.19. The zero-order valence-corrected chi connectivity index (χ0v) is 7.09. The van der Waals surface area contributed by atoms with Crippen molar-refractivity contribution in [2.75, 3.05) is 0 Å². The molecule has 0 heterocycles. The molecule has 0 fully saturated rings. The van der Waals surface area contributed by atoms with Crippen LogP contribution in [0.2, 0.25) is 5.02 Å². The quantitative estimate of drug-likeness (QED) is 0.656. The Morgan fingerprint density at radius 2 is 1.82 bits per heavy atom. The van der Waals surface area contributed by atoms with Crippen molar-refractivity contribution in [2.24, 2.45) is 0 Å². The summed E-state index contributed by atoms with van der Waals surface area (Å²) in [6, 6.07) is 5.89. The number of hydrogen-bond donors (Lipinski definition) is 2. The molecule has 0 unspecified atom stereocenters. The maximum atomic E-state index is 10.7. The third-order valence-corrected chi connectivity index (χ3v) is 2.65. The SMILES string of the molecule is O=P(O)(O)c1ccccc1Cl. The predicted octanol–water partition coefficient (Wildman–Crippen LogP) is 1.14. The van der Waals surface area contributed by atoms with E-state index in [2.05, 4.69) is 0 Å². The van der Waals surface area contributed by atoms with Gasteiger partial charge in [-0.05, 0) is 12.1 Å². The Morgan fingerprint density at radius 1 is 1.27 bits per heavy atom. The minimum Gasteiger partial charge on any atom is -0.321 e. The molecule has 0 aliphatic carbocycles. The highest BCUT2D eigenvalue weighted by molar-refractivity contribution is 7.60. The zero-order chi connectivity index (χ0) is 8.48. The first kappa shape index (κ1) is 8.75. The van der Waals surface area contributed by atoms with Crippen LogP contribution in [0.15, 0.2) is 24.3 Å². The smallest absolute Gasteiger partial charge is 0.321 e. The van der Waals surface area contributed by atoms with Crippen LogP contribution in [0.1, 0.15) is 0 Å². The first-order valence-corrected chi connectivity index (χ1v) is 4.81. The topological polar surface area (TPSA) is 57.5 Å². The lowest BCUT2D eigenvalue weighted by Gasteiger charge is -2.04. The van der Waals surface area contributed by atoms with Gasteiger partial charge in [-0.15, -0.1) is 0 Å². The molecule has 5 heteroatoms. The Bertz CT molecular complexity index is 306. The molecule has 0 amide bonds. The summed E-state index contributed by atoms with van der Waals surface area (Å²) in [5, 5.41) is -0.0255. The molecule has 0 radical (unpaired) electrons. The highest BCUT2D eigenvalue weighted by atomic mass is 35.5. The minimum atomic E-state index is -4.19. The second-order valence-corrected chi connectivity index (χ2v) is 3.97. The van der Waals surface area contributed by atoms with E-state index in [1.165, 1.54) is 18.2 Å². The van der Waals surface area contributed by atoms with Crippen molar-refractivity contribution in [3.05, 3.63) is 29.3 Å². The second kappa shape index (κ2) is 2.95. The van der Waals surface area contributed by atoms with Crippen LogP contribution in [0.25, 0.3) is 0 Å². The van der Waals surface area contributed by atoms with E-state index < -0.39 is 7.60 Å². The number of rotatable bonds is 1. The van der Waals surface area contributed by atoms with Gasteiger partial charge < -0.3 is 9.79 Å². The van der Waals surface area contributed by atoms with Crippen molar-refractivity contribution < 1.29 is 14.4 Å². The maximum absolute atomic E-state index is 10.7. The molecule has 1 rings (SSSR count). The predicted molar refractivity (Wildman–Crippen MR) is 43.1 cm³/mol. The van der Waals surface area contributed by atoms with Gasteiger partial charge >= 0.3 is 7.60 Å². The molecule has 0 aromatic heterocycles. The van der Waals surface area contributed by atoms with Gasteiger partial charge in [-0.3, -0.25) is 4.57 Å². The van der Waals surface area contributed by atoms with Gasteiger partial charge in [0.1, 0.15) is 0 Å². The van der Waals surface area contributed by atoms with E-state index in [0.29, 0.717) is 0 Å². The first-order chi connectivity index (χ1) is 5.02. The summed E-state index contributed by atoms with van der Waals surface area (Å²) in [4.78, 5) is 17.4. The lowest BCUT2D eigenvalue weighted by molar-refractivity contribution is 0.387. The summed E-state index contributed by atoms with van der Waals surface area (Å²) in [6.07, 6.45) is 0. The molecule has 0 aliphatic rings. The van der Waals surface area contributed by atoms with E-state index in [0.717, 1.165) is 0 Å². The molecule has 3 nitrogen and oxygen atoms in total. The van der Waals surface area contributed by atoms with E-state index in [9.17, 15) is 4.57 Å². The molecule has 2 N–H and O–H groups in total. The molecule has 0 saturated heterocycles. The van der Waals surface area contributed by atoms with Crippen LogP contribution in [0.3, 0.4) is 0 Å². The Morgan fingerprint density at radius 3 is 2.18 bits per heavy atom. The van der Waals surface area contributed by atoms with E-state index >= 15 is 0 Å². The van der Waals surface area contributed by atoms with Crippen LogP contribution in [0, 0.1) is 0 Å². The monoisotopic (exact) mass is 192 g/mol. The molecule has 1 aromatic rings. The lowest BCUT2D eigenvalue weighted by Crippen LogP contribution is -2.03. The van der Waals surface area contributed by atoms with Gasteiger partial charge in [0.15, 0.2) is 0 Å². The second-order valence-electron chi connectivity index (χ2n) is 2.00. The van der Waals surface area contributed by atoms with Gasteiger partial charge in [-0.1, -0.05) is 23.7 Å². The summed E-state index contributed by atoms with van der Waals surface area (Å²) < 4.78 is 10.7. The van der Waals surface area contributed by atoms with Crippen LogP contribution >= 0.6 is 19.2 Å². The Balaban J connectivity index is 3.25. The Kier molecular flexibility index (Phi) is 2.35. The third kappa shape index (κ3) is 2.04. The molecule has 0 aliphatic heterocycles. The minimum absolute atomic E-state index is 0.0980. The molecule has 0 atom stereocenters. The summed E-state index contributed by atoms with van der Waals surface area (Å²) in [5.41, 5.74) is 0. The highest BCUT2D eigenvalue weighted by Crippen LogP contribution is 2.35. The first-order valence-electron chi connectivity index (χ1n) is 2.82. The fraction of sp³-hybridized carbons (Fsp3) is 0. The van der Waals surface area contributed by atoms with Gasteiger partial charge in [0.2, 0.25) is 0 Å². The summed E-state index contributed by atoms with van der Waals surface area (Å²) in [7, 11) is -4.19. The van der Waals surface area contributed by atoms with Gasteiger partial charge in [0.05, 0.1) is 10.3 Å². The molecule has 0 saturated carbocycles. The standard InChI is InChI=1S/C6H6ClO3P/c7-5-3-1-2-4-6(5)11(8,9)10/h1-4H,(H2,8,9,10). The van der Waals surface area contributed by atoms with Crippen LogP contribution in [-0.4, -0.2) is 9.79 Å². The summed E-state index contributed by atoms with van der Waals surface area (Å²) in [6.45, 7) is 0. The van der Waals surface area contributed by atoms with Crippen molar-refractivity contribution >= 4 is 24.5 Å². The summed E-state index contributed by atoms with van der Waals surface area (Å²) >= 11 is 5.52. The molecular weight excluding hydrogens is 186 g/mol. The van der Waals surface area contributed by atoms with Crippen molar-refractivity contribution in [1.29, 1.82) is 0 Å². The molecule has 0 spiro atoms. The van der Waals surface area contributed by atoms with E-state index in [-0.39, 0.29) is 10.3 Å². The molecule has 0 bridgehead atoms. The van der Waals surface area contributed by atoms with Crippen molar-refractivity contribution in [2.45, 2.75) is 0 Å². The van der Waals surface area contributed by atoms with Crippen LogP contribution < -0.4 is 5.30 Å². The molecule has 11 heavy (non-hydrogen) atoms. The van der Waals surface area contributed by atoms with Crippen molar-refractivity contribution in [3.8, 4) is 0 Å². The van der Waals surface area contributed by atoms with Crippen LogP contribution in [0.5, 0.6) is 0 Å². The molecule has 60 valence electrons. The van der Waals surface area contributed by atoms with Crippen molar-refractivity contribution in [3.63, 3.8) is 0 Å². The van der Waals surface area contributed by atoms with Gasteiger partial charge in [0, 0.05) is 0 Å². The average Bonchev–Trinajstić information content (AvgIpc) is 1.86. The number of hydrogen-bond acceptors (Lipinski definition) is 1. The van der Waals surface area contributed by atoms with E-state index in [1.807, 2.05) is 0 Å². The Labute approximate surface area is 68.8 Å². The third-order valence-electron chi connectivity index (χ3n) is 1.17. The maximum Gasteiger partial charge on any atom is 0.357 e. The molecule has 1 aromatic carbocycles. The van der Waals surface area contributed by atoms with Gasteiger partial charge in [-0.2, -0.15) is 0 Å². The summed E-state index contributed by atoms with van der Waals surface area (Å²) in [5.74, 6) is 0. The number of benzene rings is 1. The lowest BCUT2D eigenvalue weighted by atomic mass is 10.4. The fourth-order valence-corrected chi connectivity index (χ4v) is 1.79. The van der Waals surface area contributed by atoms with E-state index in [4.69, 9.17) is 21.4 Å².